The molecule has 0 N–H and O–H groups in total. The first-order valence-corrected chi connectivity index (χ1v) is 10.9. The minimum atomic E-state index is 0.739. The lowest BCUT2D eigenvalue weighted by Crippen LogP contribution is -1.87. The summed E-state index contributed by atoms with van der Waals surface area (Å²) in [5.41, 5.74) is 2.34. The van der Waals surface area contributed by atoms with Gasteiger partial charge in [0.05, 0.1) is 5.39 Å². The second-order valence-electron chi connectivity index (χ2n) is 6.51. The molecule has 0 aliphatic carbocycles. The Labute approximate surface area is 176 Å². The molecule has 0 radical (unpaired) electrons. The fraction of sp³-hybridized carbons (Fsp3) is 0.0435. The van der Waals surface area contributed by atoms with Gasteiger partial charge in [-0.3, -0.25) is 0 Å². The molecule has 5 heteroatoms. The van der Waals surface area contributed by atoms with Crippen molar-refractivity contribution >= 4 is 55.7 Å². The molecule has 0 unspecified atom stereocenters. The fourth-order valence-electron chi connectivity index (χ4n) is 3.40. The van der Waals surface area contributed by atoms with Gasteiger partial charge in [-0.15, -0.1) is 11.3 Å². The Kier molecular flexibility index (Phi) is 4.55. The van der Waals surface area contributed by atoms with Gasteiger partial charge in [-0.25, -0.2) is 9.97 Å². The van der Waals surface area contributed by atoms with Crippen LogP contribution in [0.2, 0.25) is 5.02 Å². The van der Waals surface area contributed by atoms with E-state index in [1.165, 1.54) is 26.1 Å². The molecule has 5 rings (SSSR count). The Morgan fingerprint density at radius 2 is 1.68 bits per heavy atom. The van der Waals surface area contributed by atoms with Gasteiger partial charge in [0.15, 0.2) is 0 Å². The largest absolute Gasteiger partial charge is 0.229 e. The van der Waals surface area contributed by atoms with Gasteiger partial charge < -0.3 is 0 Å². The van der Waals surface area contributed by atoms with Gasteiger partial charge in [-0.2, -0.15) is 0 Å². The van der Waals surface area contributed by atoms with Crippen molar-refractivity contribution in [3.63, 3.8) is 0 Å². The molecule has 28 heavy (non-hydrogen) atoms. The zero-order chi connectivity index (χ0) is 19.1. The lowest BCUT2D eigenvalue weighted by atomic mass is 10.0. The number of rotatable bonds is 3. The van der Waals surface area contributed by atoms with Crippen LogP contribution in [-0.4, -0.2) is 9.97 Å². The number of aromatic nitrogens is 2. The number of nitrogens with zero attached hydrogens (tertiary/aromatic N) is 2. The normalized spacial score (nSPS) is 11.4. The van der Waals surface area contributed by atoms with E-state index in [1.54, 1.807) is 29.4 Å². The standard InChI is InChI=1S/C23H15ClN2S2/c1-14-20(16-6-9-18(24)10-7-16)21-22(27-14)25-13-26-23(21)28-19-11-8-15-4-2-3-5-17(15)12-19/h2-13H,1H3. The number of aryl methyl sites for hydroxylation is 1. The van der Waals surface area contributed by atoms with Crippen LogP contribution in [-0.2, 0) is 0 Å². The molecule has 0 aliphatic heterocycles. The van der Waals surface area contributed by atoms with Crippen LogP contribution in [0.25, 0.3) is 32.1 Å². The number of hydrogen-bond donors (Lipinski definition) is 0. The van der Waals surface area contributed by atoms with E-state index in [0.29, 0.717) is 0 Å². The number of hydrogen-bond acceptors (Lipinski definition) is 4. The van der Waals surface area contributed by atoms with Crippen molar-refractivity contribution in [1.29, 1.82) is 0 Å². The van der Waals surface area contributed by atoms with Crippen molar-refractivity contribution in [1.82, 2.24) is 9.97 Å². The second-order valence-corrected chi connectivity index (χ2v) is 9.21. The third-order valence-corrected chi connectivity index (χ3v) is 6.96. The zero-order valence-corrected chi connectivity index (χ0v) is 17.4. The number of benzene rings is 3. The van der Waals surface area contributed by atoms with E-state index in [1.807, 2.05) is 12.1 Å². The van der Waals surface area contributed by atoms with Crippen molar-refractivity contribution < 1.29 is 0 Å². The monoisotopic (exact) mass is 418 g/mol. The molecule has 0 atom stereocenters. The highest BCUT2D eigenvalue weighted by Crippen LogP contribution is 2.43. The highest BCUT2D eigenvalue weighted by Gasteiger charge is 2.17. The SMILES string of the molecule is Cc1sc2ncnc(Sc3ccc4ccccc4c3)c2c1-c1ccc(Cl)cc1. The second kappa shape index (κ2) is 7.21. The van der Waals surface area contributed by atoms with Crippen LogP contribution < -0.4 is 0 Å². The Balaban J connectivity index is 1.65. The van der Waals surface area contributed by atoms with Crippen molar-refractivity contribution in [2.45, 2.75) is 16.8 Å². The minimum absolute atomic E-state index is 0.739. The van der Waals surface area contributed by atoms with Crippen LogP contribution >= 0.6 is 34.7 Å². The summed E-state index contributed by atoms with van der Waals surface area (Å²) in [6, 6.07) is 22.9. The van der Waals surface area contributed by atoms with Crippen LogP contribution in [0, 0.1) is 6.92 Å². The van der Waals surface area contributed by atoms with Crippen molar-refractivity contribution in [2.24, 2.45) is 0 Å². The molecule has 0 aliphatic rings. The Hall–Kier alpha value is -2.40. The summed E-state index contributed by atoms with van der Waals surface area (Å²) < 4.78 is 0. The third kappa shape index (κ3) is 3.18. The Morgan fingerprint density at radius 3 is 2.50 bits per heavy atom. The fourth-order valence-corrected chi connectivity index (χ4v) is 5.55. The van der Waals surface area contributed by atoms with Crippen molar-refractivity contribution in [3.05, 3.63) is 83.0 Å². The smallest absolute Gasteiger partial charge is 0.128 e. The maximum atomic E-state index is 6.09. The first-order valence-electron chi connectivity index (χ1n) is 8.86. The van der Waals surface area contributed by atoms with E-state index in [4.69, 9.17) is 11.6 Å². The predicted octanol–water partition coefficient (Wildman–Crippen LogP) is 7.62. The topological polar surface area (TPSA) is 25.8 Å². The molecule has 136 valence electrons. The molecule has 3 aromatic carbocycles. The summed E-state index contributed by atoms with van der Waals surface area (Å²) in [4.78, 5) is 12.6. The molecule has 2 aromatic heterocycles. The van der Waals surface area contributed by atoms with Gasteiger partial charge in [-0.1, -0.05) is 65.8 Å². The number of fused-ring (bicyclic) bond motifs is 2. The summed E-state index contributed by atoms with van der Waals surface area (Å²) in [7, 11) is 0. The van der Waals surface area contributed by atoms with Gasteiger partial charge >= 0.3 is 0 Å². The van der Waals surface area contributed by atoms with Gasteiger partial charge in [0.25, 0.3) is 0 Å². The molecular formula is C23H15ClN2S2. The van der Waals surface area contributed by atoms with E-state index in [-0.39, 0.29) is 0 Å². The molecule has 0 spiro atoms. The first kappa shape index (κ1) is 17.7. The quantitative estimate of drug-likeness (QED) is 0.282. The summed E-state index contributed by atoms with van der Waals surface area (Å²) in [5, 5.41) is 5.31. The molecular weight excluding hydrogens is 404 g/mol. The van der Waals surface area contributed by atoms with Crippen LogP contribution in [0.5, 0.6) is 0 Å². The summed E-state index contributed by atoms with van der Waals surface area (Å²) in [6.07, 6.45) is 1.66. The maximum absolute atomic E-state index is 6.09. The van der Waals surface area contributed by atoms with Crippen molar-refractivity contribution in [3.8, 4) is 11.1 Å². The lowest BCUT2D eigenvalue weighted by molar-refractivity contribution is 1.11. The van der Waals surface area contributed by atoms with Gasteiger partial charge in [0.1, 0.15) is 16.2 Å². The zero-order valence-electron chi connectivity index (χ0n) is 15.0. The van der Waals surface area contributed by atoms with E-state index < -0.39 is 0 Å². The highest BCUT2D eigenvalue weighted by atomic mass is 35.5. The molecule has 0 saturated heterocycles. The molecule has 5 aromatic rings. The Bertz CT molecular complexity index is 1310. The van der Waals surface area contributed by atoms with E-state index in [2.05, 4.69) is 71.5 Å². The number of thiophene rings is 1. The van der Waals surface area contributed by atoms with Crippen LogP contribution in [0.15, 0.2) is 83.0 Å². The summed E-state index contributed by atoms with van der Waals surface area (Å²) in [5.74, 6) is 0. The van der Waals surface area contributed by atoms with Gasteiger partial charge in [-0.05, 0) is 47.5 Å². The lowest BCUT2D eigenvalue weighted by Gasteiger charge is -2.07. The molecule has 2 nitrogen and oxygen atoms in total. The molecule has 0 bridgehead atoms. The van der Waals surface area contributed by atoms with Gasteiger partial charge in [0, 0.05) is 20.4 Å². The summed E-state index contributed by atoms with van der Waals surface area (Å²) in [6.45, 7) is 2.14. The molecule has 0 saturated carbocycles. The maximum Gasteiger partial charge on any atom is 0.128 e. The molecule has 0 fully saturated rings. The minimum Gasteiger partial charge on any atom is -0.229 e. The van der Waals surface area contributed by atoms with Crippen LogP contribution in [0.4, 0.5) is 0 Å². The average molecular weight is 419 g/mol. The molecule has 2 heterocycles. The Morgan fingerprint density at radius 1 is 0.893 bits per heavy atom. The van der Waals surface area contributed by atoms with E-state index in [0.717, 1.165) is 25.8 Å². The highest BCUT2D eigenvalue weighted by molar-refractivity contribution is 7.99. The molecule has 0 amide bonds. The number of halogens is 1. The first-order chi connectivity index (χ1) is 13.7. The third-order valence-electron chi connectivity index (χ3n) is 4.70. The van der Waals surface area contributed by atoms with E-state index >= 15 is 0 Å². The average Bonchev–Trinajstić information content (AvgIpc) is 3.05. The van der Waals surface area contributed by atoms with Crippen LogP contribution in [0.1, 0.15) is 4.88 Å². The van der Waals surface area contributed by atoms with Crippen molar-refractivity contribution in [2.75, 3.05) is 0 Å². The predicted molar refractivity (Wildman–Crippen MR) is 121 cm³/mol. The van der Waals surface area contributed by atoms with Crippen LogP contribution in [0.3, 0.4) is 0 Å². The summed E-state index contributed by atoms with van der Waals surface area (Å²) >= 11 is 9.49. The van der Waals surface area contributed by atoms with E-state index in [9.17, 15) is 0 Å². The van der Waals surface area contributed by atoms with Gasteiger partial charge in [0.2, 0.25) is 0 Å².